The molecule has 5 nitrogen and oxygen atoms in total. The third-order valence-corrected chi connectivity index (χ3v) is 3.45. The lowest BCUT2D eigenvalue weighted by Gasteiger charge is -2.23. The molecule has 0 aliphatic carbocycles. The van der Waals surface area contributed by atoms with Crippen LogP contribution in [0.2, 0.25) is 0 Å². The highest BCUT2D eigenvalue weighted by molar-refractivity contribution is 5.93. The summed E-state index contributed by atoms with van der Waals surface area (Å²) in [4.78, 5) is 19.1. The van der Waals surface area contributed by atoms with Crippen LogP contribution in [0.25, 0.3) is 0 Å². The fourth-order valence-electron chi connectivity index (χ4n) is 2.54. The van der Waals surface area contributed by atoms with Crippen LogP contribution in [0.4, 0.5) is 10.2 Å². The molecule has 0 saturated carbocycles. The van der Waals surface area contributed by atoms with E-state index in [1.165, 1.54) is 0 Å². The zero-order valence-electron chi connectivity index (χ0n) is 11.1. The van der Waals surface area contributed by atoms with Crippen molar-refractivity contribution in [3.05, 3.63) is 23.6 Å². The molecule has 0 radical (unpaired) electrons. The van der Waals surface area contributed by atoms with Gasteiger partial charge in [-0.1, -0.05) is 0 Å². The highest BCUT2D eigenvalue weighted by atomic mass is 19.1. The van der Waals surface area contributed by atoms with Crippen molar-refractivity contribution in [1.29, 1.82) is 0 Å². The number of carboxylic acid groups (broad SMARTS) is 1. The van der Waals surface area contributed by atoms with Crippen molar-refractivity contribution < 1.29 is 14.3 Å². The summed E-state index contributed by atoms with van der Waals surface area (Å²) in [5.41, 5.74) is -0.0890. The second-order valence-electron chi connectivity index (χ2n) is 5.13. The minimum Gasteiger partial charge on any atom is -0.478 e. The highest BCUT2D eigenvalue weighted by Crippen LogP contribution is 2.21. The van der Waals surface area contributed by atoms with E-state index in [0.29, 0.717) is 11.7 Å². The lowest BCUT2D eigenvalue weighted by atomic mass is 10.1. The average Bonchev–Trinajstić information content (AvgIpc) is 2.74. The van der Waals surface area contributed by atoms with Crippen LogP contribution < -0.4 is 4.90 Å². The molecule has 1 aromatic rings. The molecule has 1 fully saturated rings. The summed E-state index contributed by atoms with van der Waals surface area (Å²) in [5, 5.41) is 9.10. The Bertz CT molecular complexity index is 481. The van der Waals surface area contributed by atoms with Crippen LogP contribution in [-0.4, -0.2) is 54.7 Å². The number of hydrogen-bond donors (Lipinski definition) is 1. The van der Waals surface area contributed by atoms with Crippen molar-refractivity contribution in [2.45, 2.75) is 6.42 Å². The normalized spacial score (nSPS) is 19.6. The third-order valence-electron chi connectivity index (χ3n) is 3.45. The van der Waals surface area contributed by atoms with Gasteiger partial charge in [0.25, 0.3) is 0 Å². The lowest BCUT2D eigenvalue weighted by Crippen LogP contribution is -2.29. The Kier molecular flexibility index (Phi) is 3.99. The van der Waals surface area contributed by atoms with E-state index < -0.39 is 11.8 Å². The summed E-state index contributed by atoms with van der Waals surface area (Å²) in [6.07, 6.45) is 2.14. The van der Waals surface area contributed by atoms with Gasteiger partial charge in [-0.25, -0.2) is 14.2 Å². The van der Waals surface area contributed by atoms with Gasteiger partial charge in [0.2, 0.25) is 0 Å². The van der Waals surface area contributed by atoms with Crippen molar-refractivity contribution in [2.75, 3.05) is 38.6 Å². The minimum absolute atomic E-state index is 0.0890. The number of carboxylic acids is 1. The second kappa shape index (κ2) is 5.52. The number of anilines is 1. The van der Waals surface area contributed by atoms with Gasteiger partial charge in [-0.3, -0.25) is 0 Å². The van der Waals surface area contributed by atoms with E-state index in [-0.39, 0.29) is 5.56 Å². The monoisotopic (exact) mass is 267 g/mol. The molecule has 1 unspecified atom stereocenters. The predicted octanol–water partition coefficient (Wildman–Crippen LogP) is 1.31. The molecule has 0 spiro atoms. The maximum atomic E-state index is 13.1. The number of carbonyl (C=O) groups is 1. The largest absolute Gasteiger partial charge is 0.478 e. The first-order valence-corrected chi connectivity index (χ1v) is 6.26. The van der Waals surface area contributed by atoms with E-state index in [2.05, 4.69) is 16.9 Å². The molecule has 1 atom stereocenters. The van der Waals surface area contributed by atoms with Gasteiger partial charge in [-0.15, -0.1) is 0 Å². The Morgan fingerprint density at radius 1 is 1.68 bits per heavy atom. The number of pyridine rings is 1. The quantitative estimate of drug-likeness (QED) is 0.891. The number of aromatic carboxylic acids is 1. The fraction of sp³-hybridized carbons (Fsp3) is 0.538. The second-order valence-corrected chi connectivity index (χ2v) is 5.13. The number of nitrogens with zero attached hydrogens (tertiary/aromatic N) is 3. The first kappa shape index (κ1) is 13.7. The van der Waals surface area contributed by atoms with Gasteiger partial charge in [0.05, 0.1) is 6.20 Å². The molecule has 1 aromatic heterocycles. The Labute approximate surface area is 111 Å². The van der Waals surface area contributed by atoms with Gasteiger partial charge in [-0.05, 0) is 32.0 Å². The average molecular weight is 267 g/mol. The van der Waals surface area contributed by atoms with E-state index in [0.717, 1.165) is 38.3 Å². The molecule has 19 heavy (non-hydrogen) atoms. The van der Waals surface area contributed by atoms with Crippen molar-refractivity contribution in [2.24, 2.45) is 5.92 Å². The number of likely N-dealkylation sites (tertiary alicyclic amines) is 1. The van der Waals surface area contributed by atoms with Crippen LogP contribution in [0, 0.1) is 11.7 Å². The Morgan fingerprint density at radius 3 is 3.00 bits per heavy atom. The molecule has 1 N–H and O–H groups in total. The SMILES string of the molecule is CN1CCC(CN(C)c2ncc(F)cc2C(=O)O)C1. The zero-order chi connectivity index (χ0) is 14.0. The third kappa shape index (κ3) is 3.20. The Hall–Kier alpha value is -1.69. The fourth-order valence-corrected chi connectivity index (χ4v) is 2.54. The maximum absolute atomic E-state index is 13.1. The Morgan fingerprint density at radius 2 is 2.42 bits per heavy atom. The van der Waals surface area contributed by atoms with Gasteiger partial charge in [0.1, 0.15) is 17.2 Å². The van der Waals surface area contributed by atoms with Crippen LogP contribution >= 0.6 is 0 Å². The minimum atomic E-state index is -1.16. The van der Waals surface area contributed by atoms with Crippen LogP contribution in [0.3, 0.4) is 0 Å². The van der Waals surface area contributed by atoms with Gasteiger partial charge >= 0.3 is 5.97 Å². The lowest BCUT2D eigenvalue weighted by molar-refractivity contribution is 0.0696. The molecule has 0 amide bonds. The number of hydrogen-bond acceptors (Lipinski definition) is 4. The molecule has 6 heteroatoms. The van der Waals surface area contributed by atoms with Gasteiger partial charge in [0, 0.05) is 20.1 Å². The summed E-state index contributed by atoms with van der Waals surface area (Å²) in [7, 11) is 3.86. The van der Waals surface area contributed by atoms with Crippen LogP contribution in [0.5, 0.6) is 0 Å². The van der Waals surface area contributed by atoms with E-state index >= 15 is 0 Å². The highest BCUT2D eigenvalue weighted by Gasteiger charge is 2.23. The van der Waals surface area contributed by atoms with E-state index in [1.54, 1.807) is 11.9 Å². The summed E-state index contributed by atoms with van der Waals surface area (Å²) in [6, 6.07) is 1.02. The summed E-state index contributed by atoms with van der Waals surface area (Å²) in [5.74, 6) is -0.973. The molecule has 1 aliphatic rings. The topological polar surface area (TPSA) is 56.7 Å². The molecule has 1 saturated heterocycles. The molecule has 104 valence electrons. The maximum Gasteiger partial charge on any atom is 0.339 e. The molecule has 2 rings (SSSR count). The molecule has 2 heterocycles. The predicted molar refractivity (Wildman–Crippen MR) is 70.0 cm³/mol. The van der Waals surface area contributed by atoms with Gasteiger partial charge in [0.15, 0.2) is 0 Å². The Balaban J connectivity index is 2.14. The number of aromatic nitrogens is 1. The van der Waals surface area contributed by atoms with E-state index in [4.69, 9.17) is 5.11 Å². The van der Waals surface area contributed by atoms with Crippen LogP contribution in [0.1, 0.15) is 16.8 Å². The molecule has 0 bridgehead atoms. The van der Waals surface area contributed by atoms with Crippen LogP contribution in [0.15, 0.2) is 12.3 Å². The molecular weight excluding hydrogens is 249 g/mol. The van der Waals surface area contributed by atoms with Crippen molar-refractivity contribution in [3.63, 3.8) is 0 Å². The first-order valence-electron chi connectivity index (χ1n) is 6.26. The van der Waals surface area contributed by atoms with Gasteiger partial charge in [-0.2, -0.15) is 0 Å². The summed E-state index contributed by atoms with van der Waals surface area (Å²) in [6.45, 7) is 2.78. The van der Waals surface area contributed by atoms with E-state index in [1.807, 2.05) is 0 Å². The van der Waals surface area contributed by atoms with E-state index in [9.17, 15) is 9.18 Å². The van der Waals surface area contributed by atoms with Crippen LogP contribution in [-0.2, 0) is 0 Å². The summed E-state index contributed by atoms with van der Waals surface area (Å²) < 4.78 is 13.1. The molecule has 0 aromatic carbocycles. The smallest absolute Gasteiger partial charge is 0.339 e. The van der Waals surface area contributed by atoms with Crippen molar-refractivity contribution in [3.8, 4) is 0 Å². The summed E-state index contributed by atoms with van der Waals surface area (Å²) >= 11 is 0. The first-order chi connectivity index (χ1) is 8.97. The van der Waals surface area contributed by atoms with Crippen molar-refractivity contribution in [1.82, 2.24) is 9.88 Å². The molecular formula is C13H18FN3O2. The zero-order valence-corrected chi connectivity index (χ0v) is 11.1. The standard InChI is InChI=1S/C13H18FN3O2/c1-16-4-3-9(7-16)8-17(2)12-11(13(18)19)5-10(14)6-15-12/h5-6,9H,3-4,7-8H2,1-2H3,(H,18,19). The van der Waals surface area contributed by atoms with Gasteiger partial charge < -0.3 is 14.9 Å². The number of halogens is 1. The molecule has 1 aliphatic heterocycles. The van der Waals surface area contributed by atoms with Crippen molar-refractivity contribution >= 4 is 11.8 Å². The number of rotatable bonds is 4.